The van der Waals surface area contributed by atoms with Crippen molar-refractivity contribution in [1.82, 2.24) is 10.7 Å². The summed E-state index contributed by atoms with van der Waals surface area (Å²) in [5, 5.41) is 7.86. The summed E-state index contributed by atoms with van der Waals surface area (Å²) in [6.45, 7) is 2.00. The summed E-state index contributed by atoms with van der Waals surface area (Å²) >= 11 is 5.98. The van der Waals surface area contributed by atoms with E-state index in [0.29, 0.717) is 5.02 Å². The Morgan fingerprint density at radius 1 is 1.33 bits per heavy atom. The number of hydrogen-bond donors (Lipinski definition) is 2. The summed E-state index contributed by atoms with van der Waals surface area (Å²) in [5.74, 6) is 0. The molecule has 2 N–H and O–H groups in total. The Hall–Kier alpha value is -1.55. The molecule has 21 heavy (non-hydrogen) atoms. The zero-order valence-electron chi connectivity index (χ0n) is 12.4. The van der Waals surface area contributed by atoms with E-state index in [0.717, 1.165) is 30.5 Å². The van der Waals surface area contributed by atoms with Gasteiger partial charge in [-0.2, -0.15) is 5.10 Å². The first-order chi connectivity index (χ1) is 10.2. The van der Waals surface area contributed by atoms with Crippen LogP contribution in [0.1, 0.15) is 51.0 Å². The maximum absolute atomic E-state index is 11.9. The molecule has 0 radical (unpaired) electrons. The van der Waals surface area contributed by atoms with E-state index >= 15 is 0 Å². The molecule has 1 aromatic rings. The van der Waals surface area contributed by atoms with Gasteiger partial charge >= 0.3 is 6.03 Å². The van der Waals surface area contributed by atoms with Gasteiger partial charge in [-0.25, -0.2) is 10.2 Å². The second-order valence-corrected chi connectivity index (χ2v) is 5.78. The highest BCUT2D eigenvalue weighted by molar-refractivity contribution is 6.31. The average molecular weight is 308 g/mol. The molecule has 0 atom stereocenters. The molecule has 1 aromatic carbocycles. The van der Waals surface area contributed by atoms with Gasteiger partial charge < -0.3 is 5.32 Å². The van der Waals surface area contributed by atoms with Crippen LogP contribution in [0.3, 0.4) is 0 Å². The number of carbonyl (C=O) groups is 1. The quantitative estimate of drug-likeness (QED) is 0.639. The third-order valence-corrected chi connectivity index (χ3v) is 3.96. The van der Waals surface area contributed by atoms with Gasteiger partial charge in [-0.05, 0) is 37.0 Å². The Balaban J connectivity index is 1.92. The molecular formula is C16H22ClN3O. The first kappa shape index (κ1) is 15.8. The number of amides is 2. The van der Waals surface area contributed by atoms with Crippen LogP contribution < -0.4 is 10.7 Å². The molecule has 0 unspecified atom stereocenters. The minimum absolute atomic E-state index is 0.227. The van der Waals surface area contributed by atoms with Gasteiger partial charge in [0.25, 0.3) is 0 Å². The van der Waals surface area contributed by atoms with Gasteiger partial charge in [0.15, 0.2) is 0 Å². The highest BCUT2D eigenvalue weighted by atomic mass is 35.5. The molecule has 5 heteroatoms. The number of urea groups is 1. The first-order valence-corrected chi connectivity index (χ1v) is 7.96. The second kappa shape index (κ2) is 8.03. The van der Waals surface area contributed by atoms with Crippen molar-refractivity contribution in [3.63, 3.8) is 0 Å². The molecule has 1 aliphatic carbocycles. The lowest BCUT2D eigenvalue weighted by molar-refractivity contribution is 0.233. The van der Waals surface area contributed by atoms with Gasteiger partial charge in [0.1, 0.15) is 0 Å². The molecule has 114 valence electrons. The SMILES string of the molecule is CC/C(=N/NC(=O)NC1CCCCC1)c1cccc(Cl)c1. The predicted molar refractivity (Wildman–Crippen MR) is 86.8 cm³/mol. The number of carbonyl (C=O) groups excluding carboxylic acids is 1. The maximum atomic E-state index is 11.9. The molecule has 1 saturated carbocycles. The van der Waals surface area contributed by atoms with Crippen molar-refractivity contribution in [1.29, 1.82) is 0 Å². The Kier molecular flexibility index (Phi) is 6.05. The van der Waals surface area contributed by atoms with E-state index in [4.69, 9.17) is 11.6 Å². The minimum atomic E-state index is -0.227. The van der Waals surface area contributed by atoms with Crippen LogP contribution in [0.5, 0.6) is 0 Å². The van der Waals surface area contributed by atoms with Gasteiger partial charge in [0, 0.05) is 11.1 Å². The Bertz CT molecular complexity index is 510. The van der Waals surface area contributed by atoms with Gasteiger partial charge in [0.05, 0.1) is 5.71 Å². The van der Waals surface area contributed by atoms with Crippen molar-refractivity contribution in [2.24, 2.45) is 5.10 Å². The molecule has 2 rings (SSSR count). The number of halogens is 1. The van der Waals surface area contributed by atoms with Crippen molar-refractivity contribution in [3.05, 3.63) is 34.9 Å². The Morgan fingerprint density at radius 2 is 2.10 bits per heavy atom. The van der Waals surface area contributed by atoms with E-state index in [2.05, 4.69) is 15.8 Å². The maximum Gasteiger partial charge on any atom is 0.335 e. The Labute approximate surface area is 131 Å². The van der Waals surface area contributed by atoms with Crippen LogP contribution in [-0.2, 0) is 0 Å². The van der Waals surface area contributed by atoms with E-state index < -0.39 is 0 Å². The summed E-state index contributed by atoms with van der Waals surface area (Å²) < 4.78 is 0. The molecule has 4 nitrogen and oxygen atoms in total. The smallest absolute Gasteiger partial charge is 0.334 e. The standard InChI is InChI=1S/C16H22ClN3O/c1-2-15(12-7-6-8-13(17)11-12)19-20-16(21)18-14-9-4-3-5-10-14/h6-8,11,14H,2-5,9-10H2,1H3,(H2,18,20,21)/b19-15-. The molecular weight excluding hydrogens is 286 g/mol. The van der Waals surface area contributed by atoms with E-state index in [1.54, 1.807) is 0 Å². The van der Waals surface area contributed by atoms with Crippen LogP contribution in [0.25, 0.3) is 0 Å². The summed E-state index contributed by atoms with van der Waals surface area (Å²) in [5.41, 5.74) is 4.34. The average Bonchev–Trinajstić information content (AvgIpc) is 2.49. The lowest BCUT2D eigenvalue weighted by atomic mass is 9.96. The third-order valence-electron chi connectivity index (χ3n) is 3.73. The normalized spacial score (nSPS) is 16.6. The number of benzene rings is 1. The number of hydrazone groups is 1. The fraction of sp³-hybridized carbons (Fsp3) is 0.500. The topological polar surface area (TPSA) is 53.5 Å². The minimum Gasteiger partial charge on any atom is -0.334 e. The molecule has 1 aliphatic rings. The monoisotopic (exact) mass is 307 g/mol. The molecule has 1 fully saturated rings. The molecule has 0 aliphatic heterocycles. The lowest BCUT2D eigenvalue weighted by Gasteiger charge is -2.22. The summed E-state index contributed by atoms with van der Waals surface area (Å²) in [6.07, 6.45) is 6.50. The first-order valence-electron chi connectivity index (χ1n) is 7.58. The molecule has 0 heterocycles. The summed E-state index contributed by atoms with van der Waals surface area (Å²) in [4.78, 5) is 11.9. The number of rotatable bonds is 4. The van der Waals surface area contributed by atoms with E-state index in [9.17, 15) is 4.79 Å². The molecule has 0 saturated heterocycles. The lowest BCUT2D eigenvalue weighted by Crippen LogP contribution is -2.41. The van der Waals surface area contributed by atoms with Crippen molar-refractivity contribution in [3.8, 4) is 0 Å². The fourth-order valence-electron chi connectivity index (χ4n) is 2.60. The molecule has 0 bridgehead atoms. The number of nitrogens with one attached hydrogen (secondary N) is 2. The van der Waals surface area contributed by atoms with Crippen molar-refractivity contribution < 1.29 is 4.79 Å². The van der Waals surface area contributed by atoms with E-state index in [1.165, 1.54) is 19.3 Å². The van der Waals surface area contributed by atoms with Crippen LogP contribution in [0.2, 0.25) is 5.02 Å². The largest absolute Gasteiger partial charge is 0.335 e. The van der Waals surface area contributed by atoms with Crippen LogP contribution in [0.4, 0.5) is 4.79 Å². The summed E-state index contributed by atoms with van der Waals surface area (Å²) in [6, 6.07) is 7.55. The summed E-state index contributed by atoms with van der Waals surface area (Å²) in [7, 11) is 0. The van der Waals surface area contributed by atoms with Gasteiger partial charge in [0.2, 0.25) is 0 Å². The highest BCUT2D eigenvalue weighted by Crippen LogP contribution is 2.17. The van der Waals surface area contributed by atoms with Gasteiger partial charge in [-0.3, -0.25) is 0 Å². The van der Waals surface area contributed by atoms with Crippen LogP contribution in [-0.4, -0.2) is 17.8 Å². The molecule has 0 aromatic heterocycles. The highest BCUT2D eigenvalue weighted by Gasteiger charge is 2.15. The predicted octanol–water partition coefficient (Wildman–Crippen LogP) is 4.09. The number of hydrogen-bond acceptors (Lipinski definition) is 2. The van der Waals surface area contributed by atoms with E-state index in [-0.39, 0.29) is 12.1 Å². The molecule has 0 spiro atoms. The zero-order valence-corrected chi connectivity index (χ0v) is 13.1. The zero-order chi connectivity index (χ0) is 15.1. The number of nitrogens with zero attached hydrogens (tertiary/aromatic N) is 1. The third kappa shape index (κ3) is 5.05. The fourth-order valence-corrected chi connectivity index (χ4v) is 2.79. The van der Waals surface area contributed by atoms with E-state index in [1.807, 2.05) is 31.2 Å². The van der Waals surface area contributed by atoms with Crippen molar-refractivity contribution in [2.45, 2.75) is 51.5 Å². The second-order valence-electron chi connectivity index (χ2n) is 5.34. The van der Waals surface area contributed by atoms with Crippen LogP contribution >= 0.6 is 11.6 Å². The van der Waals surface area contributed by atoms with Crippen molar-refractivity contribution in [2.75, 3.05) is 0 Å². The van der Waals surface area contributed by atoms with Gasteiger partial charge in [-0.1, -0.05) is 49.9 Å². The van der Waals surface area contributed by atoms with Crippen molar-refractivity contribution >= 4 is 23.3 Å². The Morgan fingerprint density at radius 3 is 2.76 bits per heavy atom. The molecule has 2 amide bonds. The van der Waals surface area contributed by atoms with Crippen LogP contribution in [0, 0.1) is 0 Å². The van der Waals surface area contributed by atoms with Gasteiger partial charge in [-0.15, -0.1) is 0 Å². The van der Waals surface area contributed by atoms with Crippen LogP contribution in [0.15, 0.2) is 29.4 Å².